The number of ketones is 1. The van der Waals surface area contributed by atoms with Gasteiger partial charge in [-0.2, -0.15) is 0 Å². The number of hydrogen-bond acceptors (Lipinski definition) is 3. The van der Waals surface area contributed by atoms with Gasteiger partial charge in [-0.15, -0.1) is 0 Å². The molecule has 0 bridgehead atoms. The minimum Gasteiger partial charge on any atom is -0.354 e. The van der Waals surface area contributed by atoms with Crippen molar-refractivity contribution in [3.63, 3.8) is 0 Å². The van der Waals surface area contributed by atoms with Crippen LogP contribution in [0.5, 0.6) is 0 Å². The van der Waals surface area contributed by atoms with Crippen LogP contribution in [0.3, 0.4) is 0 Å². The monoisotopic (exact) mass is 391 g/mol. The van der Waals surface area contributed by atoms with Crippen molar-refractivity contribution in [1.29, 1.82) is 0 Å². The number of piperazine rings is 1. The summed E-state index contributed by atoms with van der Waals surface area (Å²) in [5.74, 6) is 1.32. The number of benzene rings is 2. The fourth-order valence-electron chi connectivity index (χ4n) is 4.19. The average molecular weight is 392 g/mol. The van der Waals surface area contributed by atoms with Crippen LogP contribution < -0.4 is 0 Å². The SMILES string of the molecule is C/N=C(\c1ccccc1C)N1CCN(Cc2cc(CC(C)=O)c(C)cc2C)CC1. The molecule has 3 rings (SSSR count). The normalized spacial score (nSPS) is 15.6. The average Bonchev–Trinajstić information content (AvgIpc) is 2.68. The molecule has 0 aliphatic carbocycles. The molecule has 2 aromatic carbocycles. The number of hydrogen-bond donors (Lipinski definition) is 0. The Labute approximate surface area is 175 Å². The molecule has 0 aromatic heterocycles. The van der Waals surface area contributed by atoms with Crippen LogP contribution in [0.15, 0.2) is 41.4 Å². The summed E-state index contributed by atoms with van der Waals surface area (Å²) >= 11 is 0. The molecule has 0 amide bonds. The lowest BCUT2D eigenvalue weighted by Crippen LogP contribution is -2.48. The maximum absolute atomic E-state index is 11.6. The minimum atomic E-state index is 0.221. The smallest absolute Gasteiger partial charge is 0.134 e. The zero-order valence-corrected chi connectivity index (χ0v) is 18.5. The maximum Gasteiger partial charge on any atom is 0.134 e. The van der Waals surface area contributed by atoms with Gasteiger partial charge in [-0.1, -0.05) is 36.4 Å². The topological polar surface area (TPSA) is 35.9 Å². The van der Waals surface area contributed by atoms with Crippen LogP contribution in [0.1, 0.15) is 40.3 Å². The van der Waals surface area contributed by atoms with E-state index in [9.17, 15) is 4.79 Å². The summed E-state index contributed by atoms with van der Waals surface area (Å²) in [6.45, 7) is 13.0. The highest BCUT2D eigenvalue weighted by Crippen LogP contribution is 2.20. The quantitative estimate of drug-likeness (QED) is 0.572. The number of aliphatic imine (C=N–C) groups is 1. The summed E-state index contributed by atoms with van der Waals surface area (Å²) in [6, 6.07) is 12.9. The van der Waals surface area contributed by atoms with E-state index in [0.717, 1.165) is 44.1 Å². The molecule has 1 aliphatic heterocycles. The summed E-state index contributed by atoms with van der Waals surface area (Å²) in [7, 11) is 1.89. The molecule has 1 saturated heterocycles. The number of amidine groups is 1. The molecule has 1 fully saturated rings. The van der Waals surface area contributed by atoms with E-state index in [1.54, 1.807) is 6.92 Å². The largest absolute Gasteiger partial charge is 0.354 e. The van der Waals surface area contributed by atoms with Gasteiger partial charge >= 0.3 is 0 Å². The molecular formula is C25H33N3O. The fraction of sp³-hybridized carbons (Fsp3) is 0.440. The molecule has 0 radical (unpaired) electrons. The first-order valence-electron chi connectivity index (χ1n) is 10.5. The van der Waals surface area contributed by atoms with Gasteiger partial charge in [0.25, 0.3) is 0 Å². The predicted molar refractivity (Wildman–Crippen MR) is 121 cm³/mol. The highest BCUT2D eigenvalue weighted by molar-refractivity contribution is 6.00. The van der Waals surface area contributed by atoms with Gasteiger partial charge in [-0.05, 0) is 55.5 Å². The van der Waals surface area contributed by atoms with Gasteiger partial charge in [0, 0.05) is 51.8 Å². The highest BCUT2D eigenvalue weighted by atomic mass is 16.1. The molecule has 4 nitrogen and oxygen atoms in total. The molecule has 0 unspecified atom stereocenters. The van der Waals surface area contributed by atoms with Crippen molar-refractivity contribution in [2.24, 2.45) is 4.99 Å². The Morgan fingerprint density at radius 3 is 2.21 bits per heavy atom. The third-order valence-corrected chi connectivity index (χ3v) is 5.90. The highest BCUT2D eigenvalue weighted by Gasteiger charge is 2.22. The van der Waals surface area contributed by atoms with Crippen LogP contribution in [-0.2, 0) is 17.8 Å². The van der Waals surface area contributed by atoms with E-state index >= 15 is 0 Å². The minimum absolute atomic E-state index is 0.221. The number of carbonyl (C=O) groups excluding carboxylic acids is 1. The molecule has 0 spiro atoms. The van der Waals surface area contributed by atoms with Crippen molar-refractivity contribution in [3.8, 4) is 0 Å². The summed E-state index contributed by atoms with van der Waals surface area (Å²) in [6.07, 6.45) is 0.527. The maximum atomic E-state index is 11.6. The molecule has 1 heterocycles. The van der Waals surface area contributed by atoms with Crippen molar-refractivity contribution < 1.29 is 4.79 Å². The third kappa shape index (κ3) is 5.13. The summed E-state index contributed by atoms with van der Waals surface area (Å²) < 4.78 is 0. The van der Waals surface area contributed by atoms with Crippen LogP contribution in [0.2, 0.25) is 0 Å². The second-order valence-electron chi connectivity index (χ2n) is 8.21. The lowest BCUT2D eigenvalue weighted by molar-refractivity contribution is -0.116. The molecule has 1 aliphatic rings. The van der Waals surface area contributed by atoms with Crippen molar-refractivity contribution in [2.45, 2.75) is 40.7 Å². The van der Waals surface area contributed by atoms with Gasteiger partial charge in [0.05, 0.1) is 0 Å². The van der Waals surface area contributed by atoms with E-state index in [4.69, 9.17) is 0 Å². The molecule has 0 N–H and O–H groups in total. The Morgan fingerprint density at radius 1 is 0.931 bits per heavy atom. The number of rotatable bonds is 5. The van der Waals surface area contributed by atoms with E-state index < -0.39 is 0 Å². The fourth-order valence-corrected chi connectivity index (χ4v) is 4.19. The molecule has 154 valence electrons. The van der Waals surface area contributed by atoms with Crippen LogP contribution in [0, 0.1) is 20.8 Å². The second-order valence-corrected chi connectivity index (χ2v) is 8.21. The van der Waals surface area contributed by atoms with Crippen molar-refractivity contribution >= 4 is 11.6 Å². The van der Waals surface area contributed by atoms with Gasteiger partial charge in [-0.3, -0.25) is 14.7 Å². The Balaban J connectivity index is 1.67. The van der Waals surface area contributed by atoms with E-state index in [1.165, 1.54) is 27.8 Å². The lowest BCUT2D eigenvalue weighted by Gasteiger charge is -2.37. The number of aryl methyl sites for hydroxylation is 3. The van der Waals surface area contributed by atoms with Gasteiger partial charge < -0.3 is 4.90 Å². The van der Waals surface area contributed by atoms with Gasteiger partial charge in [0.15, 0.2) is 0 Å². The van der Waals surface area contributed by atoms with Gasteiger partial charge in [0.2, 0.25) is 0 Å². The summed E-state index contributed by atoms with van der Waals surface area (Å²) in [5.41, 5.74) is 7.53. The van der Waals surface area contributed by atoms with Crippen LogP contribution in [0.4, 0.5) is 0 Å². The second kappa shape index (κ2) is 9.36. The Morgan fingerprint density at radius 2 is 1.59 bits per heavy atom. The first-order valence-corrected chi connectivity index (χ1v) is 10.5. The van der Waals surface area contributed by atoms with Gasteiger partial charge in [0.1, 0.15) is 11.6 Å². The molecule has 4 heteroatoms. The predicted octanol–water partition coefficient (Wildman–Crippen LogP) is 3.94. The molecule has 0 saturated carbocycles. The number of carbonyl (C=O) groups is 1. The molecular weight excluding hydrogens is 358 g/mol. The standard InChI is InChI=1S/C25H33N3O/c1-18-8-6-7-9-24(18)25(26-5)28-12-10-27(11-13-28)17-23-16-22(15-21(4)29)19(2)14-20(23)3/h6-9,14,16H,10-13,15,17H2,1-5H3/b26-25+. The Hall–Kier alpha value is -2.46. The zero-order chi connectivity index (χ0) is 21.0. The van der Waals surface area contributed by atoms with E-state index in [0.29, 0.717) is 6.42 Å². The Bertz CT molecular complexity index is 908. The first-order chi connectivity index (χ1) is 13.9. The molecule has 2 aromatic rings. The third-order valence-electron chi connectivity index (χ3n) is 5.90. The summed E-state index contributed by atoms with van der Waals surface area (Å²) in [4.78, 5) is 21.1. The molecule has 29 heavy (non-hydrogen) atoms. The summed E-state index contributed by atoms with van der Waals surface area (Å²) in [5, 5.41) is 0. The Kier molecular flexibility index (Phi) is 6.86. The van der Waals surface area contributed by atoms with Crippen molar-refractivity contribution in [2.75, 3.05) is 33.2 Å². The van der Waals surface area contributed by atoms with Crippen LogP contribution >= 0.6 is 0 Å². The van der Waals surface area contributed by atoms with Crippen LogP contribution in [0.25, 0.3) is 0 Å². The van der Waals surface area contributed by atoms with E-state index in [2.05, 4.69) is 72.0 Å². The lowest BCUT2D eigenvalue weighted by atomic mass is 9.96. The van der Waals surface area contributed by atoms with Gasteiger partial charge in [-0.25, -0.2) is 0 Å². The molecule has 0 atom stereocenters. The number of Topliss-reactive ketones (excluding diaryl/α,β-unsaturated/α-hetero) is 1. The van der Waals surface area contributed by atoms with E-state index in [-0.39, 0.29) is 5.78 Å². The zero-order valence-electron chi connectivity index (χ0n) is 18.5. The van der Waals surface area contributed by atoms with Crippen molar-refractivity contribution in [1.82, 2.24) is 9.80 Å². The number of nitrogens with zero attached hydrogens (tertiary/aromatic N) is 3. The first kappa shape index (κ1) is 21.3. The van der Waals surface area contributed by atoms with Crippen LogP contribution in [-0.4, -0.2) is 54.6 Å². The van der Waals surface area contributed by atoms with E-state index in [1.807, 2.05) is 7.05 Å². The van der Waals surface area contributed by atoms with Crippen molar-refractivity contribution in [3.05, 3.63) is 69.8 Å².